The van der Waals surface area contributed by atoms with Gasteiger partial charge < -0.3 is 11.1 Å². The molecule has 0 aliphatic heterocycles. The first-order valence-electron chi connectivity index (χ1n) is 4.44. The van der Waals surface area contributed by atoms with Crippen molar-refractivity contribution >= 4 is 17.5 Å². The summed E-state index contributed by atoms with van der Waals surface area (Å²) < 4.78 is 0. The molecule has 1 rings (SSSR count). The van der Waals surface area contributed by atoms with E-state index in [1.165, 1.54) is 0 Å². The van der Waals surface area contributed by atoms with Crippen molar-refractivity contribution in [2.24, 2.45) is 5.73 Å². The first-order chi connectivity index (χ1) is 6.65. The summed E-state index contributed by atoms with van der Waals surface area (Å²) >= 11 is 5.72. The molecule has 0 aliphatic carbocycles. The molecule has 1 aromatic carbocycles. The zero-order valence-electron chi connectivity index (χ0n) is 7.96. The standard InChI is InChI=1S/C10H13ClN2O/c1-2-13-10(14)9(12)7-3-5-8(11)6-4-7/h3-6,9H,2,12H2,1H3,(H,13,14)/t9-/m1/s1. The van der Waals surface area contributed by atoms with Crippen LogP contribution in [0.1, 0.15) is 18.5 Å². The van der Waals surface area contributed by atoms with Crippen LogP contribution >= 0.6 is 11.6 Å². The molecule has 0 heterocycles. The maximum atomic E-state index is 11.4. The van der Waals surface area contributed by atoms with Gasteiger partial charge in [0, 0.05) is 11.6 Å². The van der Waals surface area contributed by atoms with Crippen molar-refractivity contribution in [3.8, 4) is 0 Å². The number of rotatable bonds is 3. The summed E-state index contributed by atoms with van der Waals surface area (Å²) in [5, 5.41) is 3.30. The first kappa shape index (κ1) is 11.0. The molecule has 0 spiro atoms. The minimum Gasteiger partial charge on any atom is -0.355 e. The van der Waals surface area contributed by atoms with Crippen LogP contribution in [0.5, 0.6) is 0 Å². The van der Waals surface area contributed by atoms with Gasteiger partial charge >= 0.3 is 0 Å². The molecule has 0 fully saturated rings. The quantitative estimate of drug-likeness (QED) is 0.798. The van der Waals surface area contributed by atoms with E-state index in [-0.39, 0.29) is 5.91 Å². The molecule has 0 saturated heterocycles. The van der Waals surface area contributed by atoms with Crippen LogP contribution in [0.4, 0.5) is 0 Å². The van der Waals surface area contributed by atoms with Crippen molar-refractivity contribution in [2.45, 2.75) is 13.0 Å². The van der Waals surface area contributed by atoms with Crippen LogP contribution in [-0.2, 0) is 4.79 Å². The van der Waals surface area contributed by atoms with E-state index in [0.717, 1.165) is 5.56 Å². The van der Waals surface area contributed by atoms with Gasteiger partial charge in [-0.15, -0.1) is 0 Å². The fourth-order valence-corrected chi connectivity index (χ4v) is 1.23. The fraction of sp³-hybridized carbons (Fsp3) is 0.300. The Morgan fingerprint density at radius 1 is 1.50 bits per heavy atom. The molecule has 1 aromatic rings. The second-order valence-corrected chi connectivity index (χ2v) is 3.36. The summed E-state index contributed by atoms with van der Waals surface area (Å²) in [7, 11) is 0. The maximum Gasteiger partial charge on any atom is 0.241 e. The Balaban J connectivity index is 2.73. The van der Waals surface area contributed by atoms with Gasteiger partial charge in [-0.2, -0.15) is 0 Å². The van der Waals surface area contributed by atoms with Crippen LogP contribution in [-0.4, -0.2) is 12.5 Å². The molecule has 0 aromatic heterocycles. The molecule has 1 amide bonds. The number of likely N-dealkylation sites (N-methyl/N-ethyl adjacent to an activating group) is 1. The van der Waals surface area contributed by atoms with E-state index in [2.05, 4.69) is 5.32 Å². The molecule has 3 N–H and O–H groups in total. The summed E-state index contributed by atoms with van der Waals surface area (Å²) in [5.74, 6) is -0.171. The highest BCUT2D eigenvalue weighted by Crippen LogP contribution is 2.14. The molecule has 76 valence electrons. The average molecular weight is 213 g/mol. The van der Waals surface area contributed by atoms with Gasteiger partial charge in [-0.1, -0.05) is 23.7 Å². The van der Waals surface area contributed by atoms with Gasteiger partial charge in [0.25, 0.3) is 0 Å². The van der Waals surface area contributed by atoms with Crippen molar-refractivity contribution in [1.29, 1.82) is 0 Å². The molecule has 14 heavy (non-hydrogen) atoms. The van der Waals surface area contributed by atoms with Gasteiger partial charge in [0.05, 0.1) is 0 Å². The SMILES string of the molecule is CCNC(=O)[C@H](N)c1ccc(Cl)cc1. The van der Waals surface area contributed by atoms with E-state index in [4.69, 9.17) is 17.3 Å². The third-order valence-corrected chi connectivity index (χ3v) is 2.11. The Morgan fingerprint density at radius 2 is 2.07 bits per heavy atom. The molecule has 3 nitrogen and oxygen atoms in total. The lowest BCUT2D eigenvalue weighted by Gasteiger charge is -2.11. The lowest BCUT2D eigenvalue weighted by molar-refractivity contribution is -0.122. The van der Waals surface area contributed by atoms with E-state index in [0.29, 0.717) is 11.6 Å². The number of amides is 1. The number of halogens is 1. The summed E-state index contributed by atoms with van der Waals surface area (Å²) in [6.45, 7) is 2.44. The third-order valence-electron chi connectivity index (χ3n) is 1.86. The highest BCUT2D eigenvalue weighted by Gasteiger charge is 2.13. The highest BCUT2D eigenvalue weighted by molar-refractivity contribution is 6.30. The topological polar surface area (TPSA) is 55.1 Å². The van der Waals surface area contributed by atoms with E-state index < -0.39 is 6.04 Å². The van der Waals surface area contributed by atoms with E-state index >= 15 is 0 Å². The molecule has 0 aliphatic rings. The fourth-order valence-electron chi connectivity index (χ4n) is 1.11. The van der Waals surface area contributed by atoms with Gasteiger partial charge in [-0.3, -0.25) is 4.79 Å². The number of nitrogens with two attached hydrogens (primary N) is 1. The molecule has 0 radical (unpaired) electrons. The predicted molar refractivity (Wildman–Crippen MR) is 57.1 cm³/mol. The largest absolute Gasteiger partial charge is 0.355 e. The Morgan fingerprint density at radius 3 is 2.57 bits per heavy atom. The predicted octanol–water partition coefficient (Wildman–Crippen LogP) is 1.48. The number of hydrogen-bond donors (Lipinski definition) is 2. The monoisotopic (exact) mass is 212 g/mol. The highest BCUT2D eigenvalue weighted by atomic mass is 35.5. The number of carbonyl (C=O) groups excluding carboxylic acids is 1. The van der Waals surface area contributed by atoms with Crippen LogP contribution in [0.3, 0.4) is 0 Å². The first-order valence-corrected chi connectivity index (χ1v) is 4.81. The Hall–Kier alpha value is -1.06. The molecule has 0 unspecified atom stereocenters. The molecule has 0 saturated carbocycles. The molecule has 1 atom stereocenters. The minimum absolute atomic E-state index is 0.171. The van der Waals surface area contributed by atoms with Crippen molar-refractivity contribution < 1.29 is 4.79 Å². The van der Waals surface area contributed by atoms with Crippen molar-refractivity contribution in [3.63, 3.8) is 0 Å². The van der Waals surface area contributed by atoms with Crippen LogP contribution < -0.4 is 11.1 Å². The van der Waals surface area contributed by atoms with Gasteiger partial charge in [0.1, 0.15) is 6.04 Å². The van der Waals surface area contributed by atoms with Gasteiger partial charge in [0.2, 0.25) is 5.91 Å². The smallest absolute Gasteiger partial charge is 0.241 e. The number of nitrogens with one attached hydrogen (secondary N) is 1. The number of carbonyl (C=O) groups is 1. The minimum atomic E-state index is -0.618. The maximum absolute atomic E-state index is 11.4. The zero-order chi connectivity index (χ0) is 10.6. The second-order valence-electron chi connectivity index (χ2n) is 2.92. The summed E-state index contributed by atoms with van der Waals surface area (Å²) in [6.07, 6.45) is 0. The molecular weight excluding hydrogens is 200 g/mol. The Kier molecular flexibility index (Phi) is 3.92. The van der Waals surface area contributed by atoms with Gasteiger partial charge in [-0.25, -0.2) is 0 Å². The Bertz CT molecular complexity index is 310. The number of benzene rings is 1. The average Bonchev–Trinajstić information content (AvgIpc) is 2.18. The normalized spacial score (nSPS) is 12.2. The van der Waals surface area contributed by atoms with Gasteiger partial charge in [0.15, 0.2) is 0 Å². The van der Waals surface area contributed by atoms with Crippen LogP contribution in [0.2, 0.25) is 5.02 Å². The second kappa shape index (κ2) is 4.98. The van der Waals surface area contributed by atoms with Crippen LogP contribution in [0, 0.1) is 0 Å². The summed E-state index contributed by atoms with van der Waals surface area (Å²) in [4.78, 5) is 11.4. The molecule has 4 heteroatoms. The van der Waals surface area contributed by atoms with E-state index in [1.807, 2.05) is 6.92 Å². The molecule has 0 bridgehead atoms. The lowest BCUT2D eigenvalue weighted by Crippen LogP contribution is -2.33. The van der Waals surface area contributed by atoms with Crippen molar-refractivity contribution in [3.05, 3.63) is 34.9 Å². The zero-order valence-corrected chi connectivity index (χ0v) is 8.71. The van der Waals surface area contributed by atoms with Crippen molar-refractivity contribution in [1.82, 2.24) is 5.32 Å². The van der Waals surface area contributed by atoms with E-state index in [1.54, 1.807) is 24.3 Å². The van der Waals surface area contributed by atoms with Gasteiger partial charge in [-0.05, 0) is 24.6 Å². The van der Waals surface area contributed by atoms with E-state index in [9.17, 15) is 4.79 Å². The number of hydrogen-bond acceptors (Lipinski definition) is 2. The lowest BCUT2D eigenvalue weighted by atomic mass is 10.1. The van der Waals surface area contributed by atoms with Crippen LogP contribution in [0.25, 0.3) is 0 Å². The third kappa shape index (κ3) is 2.72. The molecular formula is C10H13ClN2O. The summed E-state index contributed by atoms with van der Waals surface area (Å²) in [6, 6.07) is 6.32. The van der Waals surface area contributed by atoms with Crippen molar-refractivity contribution in [2.75, 3.05) is 6.54 Å². The van der Waals surface area contributed by atoms with Crippen LogP contribution in [0.15, 0.2) is 24.3 Å². The summed E-state index contributed by atoms with van der Waals surface area (Å²) in [5.41, 5.74) is 6.48. The Labute approximate surface area is 88.2 Å².